The van der Waals surface area contributed by atoms with Gasteiger partial charge >= 0.3 is 6.18 Å². The van der Waals surface area contributed by atoms with E-state index in [0.29, 0.717) is 10.2 Å². The number of hydrogen-bond acceptors (Lipinski definition) is 4. The Hall–Kier alpha value is -2.36. The Bertz CT molecular complexity index is 951. The molecule has 0 spiro atoms. The predicted molar refractivity (Wildman–Crippen MR) is 86.3 cm³/mol. The highest BCUT2D eigenvalue weighted by Crippen LogP contribution is 2.24. The number of rotatable bonds is 2. The second kappa shape index (κ2) is 6.42. The minimum Gasteiger partial charge on any atom is -0.333 e. The molecule has 0 N–H and O–H groups in total. The Morgan fingerprint density at radius 1 is 1.27 bits per heavy atom. The third-order valence-electron chi connectivity index (χ3n) is 4.10. The molecule has 0 saturated heterocycles. The number of carbonyl (C=O) groups is 1. The number of benzene rings is 1. The summed E-state index contributed by atoms with van der Waals surface area (Å²) in [6.07, 6.45) is -3.40. The van der Waals surface area contributed by atoms with Gasteiger partial charge in [0.25, 0.3) is 5.91 Å². The Kier molecular flexibility index (Phi) is 4.55. The fourth-order valence-electron chi connectivity index (χ4n) is 2.90. The van der Waals surface area contributed by atoms with Crippen molar-refractivity contribution in [3.63, 3.8) is 0 Å². The Balaban J connectivity index is 1.90. The Morgan fingerprint density at radius 2 is 1.96 bits per heavy atom. The van der Waals surface area contributed by atoms with Gasteiger partial charge in [0.1, 0.15) is 6.54 Å². The van der Waals surface area contributed by atoms with Gasteiger partial charge < -0.3 is 4.90 Å². The van der Waals surface area contributed by atoms with Crippen molar-refractivity contribution in [3.8, 4) is 0 Å². The standard InChI is InChI=1S/C16H16F3N3O3S/c1-11-13(9-22(20-11)10-16(17,18)19)15(23)21-6-7-26(24,25)14-5-3-2-4-12(14)8-21/h2-5,9H,6-8,10H2,1H3. The number of halogens is 3. The zero-order valence-corrected chi connectivity index (χ0v) is 14.6. The van der Waals surface area contributed by atoms with Crippen LogP contribution < -0.4 is 0 Å². The monoisotopic (exact) mass is 387 g/mol. The molecule has 3 rings (SSSR count). The van der Waals surface area contributed by atoms with Crippen LogP contribution in [0.15, 0.2) is 35.4 Å². The molecule has 1 amide bonds. The first-order valence-corrected chi connectivity index (χ1v) is 9.43. The molecule has 10 heteroatoms. The summed E-state index contributed by atoms with van der Waals surface area (Å²) in [5.74, 6) is -0.784. The van der Waals surface area contributed by atoms with Crippen LogP contribution in [0.5, 0.6) is 0 Å². The van der Waals surface area contributed by atoms with E-state index in [-0.39, 0.29) is 35.0 Å². The van der Waals surface area contributed by atoms with E-state index in [9.17, 15) is 26.4 Å². The molecule has 2 heterocycles. The van der Waals surface area contributed by atoms with Crippen LogP contribution in [0.1, 0.15) is 21.6 Å². The lowest BCUT2D eigenvalue weighted by atomic mass is 10.2. The highest BCUT2D eigenvalue weighted by molar-refractivity contribution is 7.91. The van der Waals surface area contributed by atoms with Gasteiger partial charge in [-0.1, -0.05) is 18.2 Å². The number of alkyl halides is 3. The number of fused-ring (bicyclic) bond motifs is 1. The van der Waals surface area contributed by atoms with Crippen molar-refractivity contribution in [2.24, 2.45) is 0 Å². The summed E-state index contributed by atoms with van der Waals surface area (Å²) in [5.41, 5.74) is 0.685. The van der Waals surface area contributed by atoms with Crippen LogP contribution in [-0.4, -0.2) is 47.5 Å². The molecule has 1 aliphatic rings. The van der Waals surface area contributed by atoms with Crippen LogP contribution in [0, 0.1) is 6.92 Å². The molecule has 2 aromatic rings. The maximum atomic E-state index is 12.8. The number of sulfone groups is 1. The topological polar surface area (TPSA) is 72.3 Å². The number of carbonyl (C=O) groups excluding carboxylic acids is 1. The summed E-state index contributed by atoms with van der Waals surface area (Å²) < 4.78 is 62.9. The molecule has 0 aliphatic carbocycles. The number of amides is 1. The molecule has 0 radical (unpaired) electrons. The van der Waals surface area contributed by atoms with Gasteiger partial charge in [-0.2, -0.15) is 18.3 Å². The summed E-state index contributed by atoms with van der Waals surface area (Å²) >= 11 is 0. The molecular formula is C16H16F3N3O3S. The molecule has 1 aliphatic heterocycles. The van der Waals surface area contributed by atoms with Crippen LogP contribution in [0.25, 0.3) is 0 Å². The van der Waals surface area contributed by atoms with E-state index in [0.717, 1.165) is 6.20 Å². The SMILES string of the molecule is Cc1nn(CC(F)(F)F)cc1C(=O)N1CCS(=O)(=O)c2ccccc2C1. The Labute approximate surface area is 148 Å². The van der Waals surface area contributed by atoms with Crippen molar-refractivity contribution in [1.82, 2.24) is 14.7 Å². The summed E-state index contributed by atoms with van der Waals surface area (Å²) in [4.78, 5) is 14.3. The fourth-order valence-corrected chi connectivity index (χ4v) is 4.40. The summed E-state index contributed by atoms with van der Waals surface area (Å²) in [6.45, 7) is 0.179. The van der Waals surface area contributed by atoms with E-state index in [2.05, 4.69) is 5.10 Å². The van der Waals surface area contributed by atoms with Crippen molar-refractivity contribution in [2.45, 2.75) is 31.1 Å². The first-order chi connectivity index (χ1) is 12.1. The minimum absolute atomic E-state index is 0.0334. The third kappa shape index (κ3) is 3.74. The van der Waals surface area contributed by atoms with Crippen molar-refractivity contribution in [2.75, 3.05) is 12.3 Å². The van der Waals surface area contributed by atoms with Gasteiger partial charge in [0.2, 0.25) is 0 Å². The van der Waals surface area contributed by atoms with E-state index in [1.54, 1.807) is 18.2 Å². The molecule has 0 bridgehead atoms. The molecule has 140 valence electrons. The minimum atomic E-state index is -4.45. The first kappa shape index (κ1) is 18.4. The van der Waals surface area contributed by atoms with Gasteiger partial charge in [-0.15, -0.1) is 0 Å². The van der Waals surface area contributed by atoms with E-state index in [1.165, 1.54) is 17.9 Å². The highest BCUT2D eigenvalue weighted by atomic mass is 32.2. The molecule has 1 aromatic carbocycles. The average molecular weight is 387 g/mol. The zero-order chi connectivity index (χ0) is 19.1. The van der Waals surface area contributed by atoms with Gasteiger partial charge in [0.05, 0.1) is 21.9 Å². The van der Waals surface area contributed by atoms with E-state index in [4.69, 9.17) is 0 Å². The summed E-state index contributed by atoms with van der Waals surface area (Å²) in [6, 6.07) is 6.40. The van der Waals surface area contributed by atoms with Gasteiger partial charge in [-0.3, -0.25) is 9.48 Å². The molecule has 1 aromatic heterocycles. The molecule has 0 fully saturated rings. The lowest BCUT2D eigenvalue weighted by Crippen LogP contribution is -2.32. The summed E-state index contributed by atoms with van der Waals surface area (Å²) in [5, 5.41) is 3.74. The predicted octanol–water partition coefficient (Wildman–Crippen LogP) is 2.18. The van der Waals surface area contributed by atoms with Crippen LogP contribution in [0.2, 0.25) is 0 Å². The van der Waals surface area contributed by atoms with E-state index >= 15 is 0 Å². The average Bonchev–Trinajstić information content (AvgIpc) is 2.82. The van der Waals surface area contributed by atoms with Crippen LogP contribution in [-0.2, 0) is 22.9 Å². The van der Waals surface area contributed by atoms with Gasteiger partial charge in [0, 0.05) is 19.3 Å². The van der Waals surface area contributed by atoms with Gasteiger partial charge in [0.15, 0.2) is 9.84 Å². The van der Waals surface area contributed by atoms with E-state index < -0.39 is 28.5 Å². The van der Waals surface area contributed by atoms with Crippen LogP contribution >= 0.6 is 0 Å². The quantitative estimate of drug-likeness (QED) is 0.792. The molecule has 0 unspecified atom stereocenters. The van der Waals surface area contributed by atoms with Crippen molar-refractivity contribution in [1.29, 1.82) is 0 Å². The molecular weight excluding hydrogens is 371 g/mol. The Morgan fingerprint density at radius 3 is 2.65 bits per heavy atom. The van der Waals surface area contributed by atoms with Crippen LogP contribution in [0.3, 0.4) is 0 Å². The molecule has 6 nitrogen and oxygen atoms in total. The van der Waals surface area contributed by atoms with Crippen LogP contribution in [0.4, 0.5) is 13.2 Å². The molecule has 0 atom stereocenters. The smallest absolute Gasteiger partial charge is 0.333 e. The fraction of sp³-hybridized carbons (Fsp3) is 0.375. The second-order valence-electron chi connectivity index (χ2n) is 6.09. The van der Waals surface area contributed by atoms with Gasteiger partial charge in [-0.05, 0) is 18.6 Å². The number of aromatic nitrogens is 2. The van der Waals surface area contributed by atoms with Gasteiger partial charge in [-0.25, -0.2) is 8.42 Å². The first-order valence-electron chi connectivity index (χ1n) is 7.77. The van der Waals surface area contributed by atoms with Crippen molar-refractivity contribution < 1.29 is 26.4 Å². The third-order valence-corrected chi connectivity index (χ3v) is 5.89. The van der Waals surface area contributed by atoms with E-state index in [1.807, 2.05) is 0 Å². The number of nitrogens with zero attached hydrogens (tertiary/aromatic N) is 3. The largest absolute Gasteiger partial charge is 0.408 e. The lowest BCUT2D eigenvalue weighted by Gasteiger charge is -2.20. The highest BCUT2D eigenvalue weighted by Gasteiger charge is 2.31. The maximum absolute atomic E-state index is 12.8. The molecule has 26 heavy (non-hydrogen) atoms. The van der Waals surface area contributed by atoms with Crippen molar-refractivity contribution >= 4 is 15.7 Å². The zero-order valence-electron chi connectivity index (χ0n) is 13.8. The lowest BCUT2D eigenvalue weighted by molar-refractivity contribution is -0.142. The number of aryl methyl sites for hydroxylation is 1. The molecule has 0 saturated carbocycles. The number of hydrogen-bond donors (Lipinski definition) is 0. The summed E-state index contributed by atoms with van der Waals surface area (Å²) in [7, 11) is -3.52. The second-order valence-corrected chi connectivity index (χ2v) is 8.17. The normalized spacial score (nSPS) is 16.8. The van der Waals surface area contributed by atoms with Crippen molar-refractivity contribution in [3.05, 3.63) is 47.3 Å². The maximum Gasteiger partial charge on any atom is 0.408 e.